The highest BCUT2D eigenvalue weighted by atomic mass is 16.2. The summed E-state index contributed by atoms with van der Waals surface area (Å²) in [7, 11) is 3.84. The molecule has 2 saturated heterocycles. The molecule has 8 nitrogen and oxygen atoms in total. The number of benzene rings is 4. The summed E-state index contributed by atoms with van der Waals surface area (Å²) in [6.07, 6.45) is 3.40. The van der Waals surface area contributed by atoms with Crippen molar-refractivity contribution in [3.8, 4) is 0 Å². The molecule has 4 aromatic rings. The first-order valence-electron chi connectivity index (χ1n) is 17.9. The lowest BCUT2D eigenvalue weighted by Crippen LogP contribution is -2.59. The third kappa shape index (κ3) is 8.49. The summed E-state index contributed by atoms with van der Waals surface area (Å²) in [6, 6.07) is 37.8. The molecule has 3 unspecified atom stereocenters. The lowest BCUT2D eigenvalue weighted by atomic mass is 9.92. The number of fused-ring (bicyclic) bond motifs is 1. The molecule has 2 aliphatic heterocycles. The Hall–Kier alpha value is -4.79. The van der Waals surface area contributed by atoms with E-state index in [0.29, 0.717) is 19.4 Å². The van der Waals surface area contributed by atoms with Gasteiger partial charge < -0.3 is 25.8 Å². The second-order valence-corrected chi connectivity index (χ2v) is 13.8. The fraction of sp³-hybridized carbons (Fsp3) is 0.357. The molecule has 0 spiro atoms. The van der Waals surface area contributed by atoms with Crippen molar-refractivity contribution in [1.29, 1.82) is 0 Å². The summed E-state index contributed by atoms with van der Waals surface area (Å²) in [6.45, 7) is 1.37. The van der Waals surface area contributed by atoms with E-state index >= 15 is 0 Å². The van der Waals surface area contributed by atoms with E-state index in [9.17, 15) is 14.4 Å². The normalized spacial score (nSPS) is 21.0. The first kappa shape index (κ1) is 35.1. The Morgan fingerprint density at radius 3 is 1.88 bits per heavy atom. The van der Waals surface area contributed by atoms with Gasteiger partial charge in [0, 0.05) is 25.0 Å². The molecule has 0 radical (unpaired) electrons. The average molecular weight is 672 g/mol. The van der Waals surface area contributed by atoms with Crippen molar-refractivity contribution in [3.05, 3.63) is 144 Å². The van der Waals surface area contributed by atoms with Gasteiger partial charge in [-0.2, -0.15) is 0 Å². The van der Waals surface area contributed by atoms with Crippen LogP contribution in [0.3, 0.4) is 0 Å². The van der Waals surface area contributed by atoms with E-state index in [2.05, 4.69) is 40.0 Å². The van der Waals surface area contributed by atoms with Crippen LogP contribution in [0, 0.1) is 5.92 Å². The topological polar surface area (TPSA) is 93.8 Å². The number of nitrogens with one attached hydrogen (secondary N) is 3. The Morgan fingerprint density at radius 2 is 1.30 bits per heavy atom. The number of likely N-dealkylation sites (N-methyl/N-ethyl adjacent to an activating group) is 1. The number of amides is 3. The minimum Gasteiger partial charge on any atom is -0.343 e. The van der Waals surface area contributed by atoms with Crippen molar-refractivity contribution >= 4 is 17.7 Å². The zero-order chi connectivity index (χ0) is 34.9. The molecule has 2 fully saturated rings. The van der Waals surface area contributed by atoms with Gasteiger partial charge in [0.2, 0.25) is 17.7 Å². The number of rotatable bonds is 13. The summed E-state index contributed by atoms with van der Waals surface area (Å²) in [5.74, 6) is -0.662. The van der Waals surface area contributed by atoms with E-state index in [1.807, 2.05) is 114 Å². The van der Waals surface area contributed by atoms with E-state index in [1.54, 1.807) is 7.05 Å². The molecule has 260 valence electrons. The molecular weight excluding hydrogens is 622 g/mol. The molecular formula is C42H49N5O3. The first-order chi connectivity index (χ1) is 24.4. The third-order valence-electron chi connectivity index (χ3n) is 10.3. The predicted molar refractivity (Wildman–Crippen MR) is 197 cm³/mol. The summed E-state index contributed by atoms with van der Waals surface area (Å²) in [5.41, 5.74) is 4.19. The van der Waals surface area contributed by atoms with Gasteiger partial charge >= 0.3 is 0 Å². The van der Waals surface area contributed by atoms with Gasteiger partial charge in [0.25, 0.3) is 0 Å². The molecule has 0 bridgehead atoms. The highest BCUT2D eigenvalue weighted by Crippen LogP contribution is 2.35. The number of carbonyl (C=O) groups excluding carboxylic acids is 3. The van der Waals surface area contributed by atoms with Crippen LogP contribution in [0.15, 0.2) is 121 Å². The lowest BCUT2D eigenvalue weighted by molar-refractivity contribution is -0.144. The maximum Gasteiger partial charge on any atom is 0.246 e. The Kier molecular flexibility index (Phi) is 11.7. The van der Waals surface area contributed by atoms with Crippen LogP contribution in [0.25, 0.3) is 0 Å². The van der Waals surface area contributed by atoms with E-state index in [1.165, 1.54) is 5.56 Å². The number of carbonyl (C=O) groups is 3. The summed E-state index contributed by atoms with van der Waals surface area (Å²) in [4.78, 5) is 47.1. The van der Waals surface area contributed by atoms with Crippen molar-refractivity contribution in [2.75, 3.05) is 20.6 Å². The first-order valence-corrected chi connectivity index (χ1v) is 17.9. The van der Waals surface area contributed by atoms with Gasteiger partial charge in [-0.15, -0.1) is 0 Å². The molecule has 2 heterocycles. The maximum absolute atomic E-state index is 14.8. The second kappa shape index (κ2) is 16.7. The zero-order valence-electron chi connectivity index (χ0n) is 29.1. The molecule has 5 atom stereocenters. The number of hydrogen-bond donors (Lipinski definition) is 3. The smallest absolute Gasteiger partial charge is 0.246 e. The predicted octanol–water partition coefficient (Wildman–Crippen LogP) is 5.11. The summed E-state index contributed by atoms with van der Waals surface area (Å²) < 4.78 is 0. The molecule has 0 saturated carbocycles. The Balaban J connectivity index is 1.25. The van der Waals surface area contributed by atoms with Gasteiger partial charge in [-0.1, -0.05) is 121 Å². The largest absolute Gasteiger partial charge is 0.343 e. The quantitative estimate of drug-likeness (QED) is 0.184. The molecule has 0 aliphatic carbocycles. The number of nitrogens with zero attached hydrogens (tertiary/aromatic N) is 2. The average Bonchev–Trinajstić information content (AvgIpc) is 3.54. The van der Waals surface area contributed by atoms with E-state index < -0.39 is 18.1 Å². The van der Waals surface area contributed by atoms with Crippen molar-refractivity contribution in [1.82, 2.24) is 25.8 Å². The summed E-state index contributed by atoms with van der Waals surface area (Å²) in [5, 5.41) is 9.69. The van der Waals surface area contributed by atoms with Crippen LogP contribution in [-0.4, -0.2) is 72.3 Å². The highest BCUT2D eigenvalue weighted by molar-refractivity contribution is 5.94. The van der Waals surface area contributed by atoms with Gasteiger partial charge in [0.15, 0.2) is 0 Å². The van der Waals surface area contributed by atoms with Crippen LogP contribution in [0.4, 0.5) is 0 Å². The monoisotopic (exact) mass is 671 g/mol. The van der Waals surface area contributed by atoms with Gasteiger partial charge in [0.1, 0.15) is 12.1 Å². The number of hydrogen-bond acceptors (Lipinski definition) is 5. The van der Waals surface area contributed by atoms with Gasteiger partial charge in [0.05, 0.1) is 12.1 Å². The summed E-state index contributed by atoms with van der Waals surface area (Å²) >= 11 is 0. The van der Waals surface area contributed by atoms with E-state index in [-0.39, 0.29) is 35.7 Å². The Morgan fingerprint density at radius 1 is 0.760 bits per heavy atom. The minimum atomic E-state index is -0.759. The lowest BCUT2D eigenvalue weighted by Gasteiger charge is -2.34. The fourth-order valence-electron chi connectivity index (χ4n) is 7.75. The van der Waals surface area contributed by atoms with Crippen LogP contribution in [-0.2, 0) is 27.3 Å². The molecule has 2 aliphatic rings. The van der Waals surface area contributed by atoms with E-state index in [0.717, 1.165) is 42.5 Å². The van der Waals surface area contributed by atoms with Gasteiger partial charge in [-0.3, -0.25) is 14.4 Å². The molecule has 4 aromatic carbocycles. The SMILES string of the molecule is CNC(Cc1ccccc1)C(=O)NC1C(=O)N2C(CC[C@@H]1CN(C)Cc1ccccc1)CC[C@H]2C(=O)NC(c1ccccc1)c1ccccc1. The molecule has 8 heteroatoms. The van der Waals surface area contributed by atoms with Crippen molar-refractivity contribution in [3.63, 3.8) is 0 Å². The van der Waals surface area contributed by atoms with Crippen LogP contribution >= 0.6 is 0 Å². The van der Waals surface area contributed by atoms with Crippen molar-refractivity contribution < 1.29 is 14.4 Å². The van der Waals surface area contributed by atoms with Crippen LogP contribution < -0.4 is 16.0 Å². The molecule has 6 rings (SSSR count). The van der Waals surface area contributed by atoms with Gasteiger partial charge in [-0.05, 0) is 68.5 Å². The minimum absolute atomic E-state index is 0.0570. The standard InChI is InChI=1S/C42H49N5O3/c1-43-36(27-30-15-7-3-8-16-30)40(48)45-39-34(29-46(2)28-31-17-9-4-10-18-31)23-24-35-25-26-37(47(35)42(39)50)41(49)44-38(32-19-11-5-12-20-32)33-21-13-6-14-22-33/h3-22,34-39,43H,23-29H2,1-2H3,(H,44,49)(H,45,48)/t34-,35?,36?,37+,39?/m1/s1. The maximum atomic E-state index is 14.8. The molecule has 0 aromatic heterocycles. The molecule has 3 amide bonds. The second-order valence-electron chi connectivity index (χ2n) is 13.8. The molecule has 3 N–H and O–H groups in total. The van der Waals surface area contributed by atoms with Crippen LogP contribution in [0.1, 0.15) is 54.0 Å². The Labute approximate surface area is 296 Å². The van der Waals surface area contributed by atoms with Crippen molar-refractivity contribution in [2.45, 2.75) is 68.9 Å². The van der Waals surface area contributed by atoms with E-state index in [4.69, 9.17) is 0 Å². The Bertz CT molecular complexity index is 1650. The third-order valence-corrected chi connectivity index (χ3v) is 10.3. The zero-order valence-corrected chi connectivity index (χ0v) is 29.1. The fourth-order valence-corrected chi connectivity index (χ4v) is 7.75. The van der Waals surface area contributed by atoms with Crippen molar-refractivity contribution in [2.24, 2.45) is 5.92 Å². The van der Waals surface area contributed by atoms with Crippen LogP contribution in [0.2, 0.25) is 0 Å². The highest BCUT2D eigenvalue weighted by Gasteiger charge is 2.48. The van der Waals surface area contributed by atoms with Crippen LogP contribution in [0.5, 0.6) is 0 Å². The molecule has 50 heavy (non-hydrogen) atoms. The van der Waals surface area contributed by atoms with Gasteiger partial charge in [-0.25, -0.2) is 0 Å².